The van der Waals surface area contributed by atoms with Gasteiger partial charge < -0.3 is 25.5 Å². The van der Waals surface area contributed by atoms with Crippen molar-refractivity contribution >= 4 is 16.9 Å². The molecule has 29 heavy (non-hydrogen) atoms. The molecule has 0 saturated carbocycles. The molecule has 0 spiro atoms. The van der Waals surface area contributed by atoms with E-state index in [9.17, 15) is 5.11 Å². The number of benzene rings is 2. The smallest absolute Gasteiger partial charge is 0.191 e. The van der Waals surface area contributed by atoms with E-state index >= 15 is 0 Å². The van der Waals surface area contributed by atoms with Gasteiger partial charge in [0.05, 0.1) is 19.8 Å². The number of H-pyrrole nitrogens is 1. The number of hydrogen-bond acceptors (Lipinski definition) is 3. The van der Waals surface area contributed by atoms with Crippen LogP contribution in [0.2, 0.25) is 0 Å². The predicted octanol–water partition coefficient (Wildman–Crippen LogP) is 3.32. The first-order valence-electron chi connectivity index (χ1n) is 10.0. The molecule has 1 atom stereocenters. The van der Waals surface area contributed by atoms with Gasteiger partial charge in [-0.05, 0) is 49.1 Å². The maximum Gasteiger partial charge on any atom is 0.191 e. The third-order valence-corrected chi connectivity index (χ3v) is 4.96. The number of para-hydroxylation sites is 1. The minimum atomic E-state index is -0.659. The third kappa shape index (κ3) is 5.29. The van der Waals surface area contributed by atoms with E-state index in [1.54, 1.807) is 7.11 Å². The fraction of sp³-hybridized carbons (Fsp3) is 0.348. The highest BCUT2D eigenvalue weighted by Crippen LogP contribution is 2.21. The summed E-state index contributed by atoms with van der Waals surface area (Å²) in [6.07, 6.45) is 2.30. The van der Waals surface area contributed by atoms with Gasteiger partial charge in [0.1, 0.15) is 5.75 Å². The van der Waals surface area contributed by atoms with Crippen molar-refractivity contribution in [2.24, 2.45) is 4.99 Å². The molecule has 1 heterocycles. The van der Waals surface area contributed by atoms with Crippen molar-refractivity contribution in [1.82, 2.24) is 15.6 Å². The Kier molecular flexibility index (Phi) is 7.14. The van der Waals surface area contributed by atoms with Crippen molar-refractivity contribution in [2.75, 3.05) is 26.7 Å². The molecule has 0 aliphatic rings. The Morgan fingerprint density at radius 1 is 1.17 bits per heavy atom. The minimum Gasteiger partial charge on any atom is -0.497 e. The number of aliphatic hydroxyl groups excluding tert-OH is 1. The number of guanidine groups is 1. The van der Waals surface area contributed by atoms with Gasteiger partial charge in [-0.2, -0.15) is 0 Å². The van der Waals surface area contributed by atoms with Crippen LogP contribution >= 0.6 is 0 Å². The third-order valence-electron chi connectivity index (χ3n) is 4.96. The molecule has 154 valence electrons. The fourth-order valence-corrected chi connectivity index (χ4v) is 3.34. The zero-order chi connectivity index (χ0) is 20.6. The monoisotopic (exact) mass is 394 g/mol. The van der Waals surface area contributed by atoms with Crippen molar-refractivity contribution in [3.05, 3.63) is 65.4 Å². The van der Waals surface area contributed by atoms with Crippen LogP contribution in [0.4, 0.5) is 0 Å². The Balaban J connectivity index is 1.57. The number of hydrogen-bond donors (Lipinski definition) is 4. The van der Waals surface area contributed by atoms with Crippen LogP contribution in [0, 0.1) is 6.92 Å². The lowest BCUT2D eigenvalue weighted by Gasteiger charge is -2.13. The SMILES string of the molecule is CCNC(=NCC(O)c1ccc(OC)cc1)NCCc1c[nH]c2c(C)cccc12. The van der Waals surface area contributed by atoms with Gasteiger partial charge in [-0.25, -0.2) is 0 Å². The van der Waals surface area contributed by atoms with E-state index in [0.717, 1.165) is 30.8 Å². The van der Waals surface area contributed by atoms with E-state index in [4.69, 9.17) is 4.74 Å². The number of aromatic nitrogens is 1. The van der Waals surface area contributed by atoms with Crippen LogP contribution in [-0.4, -0.2) is 42.8 Å². The highest BCUT2D eigenvalue weighted by Gasteiger charge is 2.09. The molecule has 2 aromatic carbocycles. The minimum absolute atomic E-state index is 0.286. The highest BCUT2D eigenvalue weighted by atomic mass is 16.5. The molecule has 0 radical (unpaired) electrons. The average Bonchev–Trinajstić information content (AvgIpc) is 3.16. The summed E-state index contributed by atoms with van der Waals surface area (Å²) in [5, 5.41) is 18.3. The molecule has 0 fully saturated rings. The Morgan fingerprint density at radius 3 is 2.69 bits per heavy atom. The van der Waals surface area contributed by atoms with E-state index < -0.39 is 6.10 Å². The van der Waals surface area contributed by atoms with Gasteiger partial charge in [0.25, 0.3) is 0 Å². The Hall–Kier alpha value is -2.99. The number of ether oxygens (including phenoxy) is 1. The van der Waals surface area contributed by atoms with Crippen LogP contribution < -0.4 is 15.4 Å². The average molecular weight is 395 g/mol. The van der Waals surface area contributed by atoms with Gasteiger partial charge in [-0.15, -0.1) is 0 Å². The molecular formula is C23H30N4O2. The van der Waals surface area contributed by atoms with E-state index in [2.05, 4.69) is 51.9 Å². The number of nitrogens with zero attached hydrogens (tertiary/aromatic N) is 1. The zero-order valence-corrected chi connectivity index (χ0v) is 17.3. The molecule has 6 nitrogen and oxygen atoms in total. The molecule has 0 saturated heterocycles. The first kappa shape index (κ1) is 20.7. The molecule has 1 unspecified atom stereocenters. The Labute approximate surface area is 172 Å². The predicted molar refractivity (Wildman–Crippen MR) is 119 cm³/mol. The molecule has 0 amide bonds. The summed E-state index contributed by atoms with van der Waals surface area (Å²) in [5.74, 6) is 1.48. The molecule has 3 aromatic rings. The Bertz CT molecular complexity index is 947. The van der Waals surface area contributed by atoms with E-state index in [0.29, 0.717) is 5.96 Å². The quantitative estimate of drug-likeness (QED) is 0.349. The van der Waals surface area contributed by atoms with Crippen LogP contribution in [0.1, 0.15) is 29.7 Å². The summed E-state index contributed by atoms with van der Waals surface area (Å²) in [7, 11) is 1.63. The maximum absolute atomic E-state index is 10.4. The van der Waals surface area contributed by atoms with E-state index in [1.165, 1.54) is 22.0 Å². The van der Waals surface area contributed by atoms with Gasteiger partial charge >= 0.3 is 0 Å². The van der Waals surface area contributed by atoms with Gasteiger partial charge in [0.2, 0.25) is 0 Å². The second kappa shape index (κ2) is 9.98. The number of methoxy groups -OCH3 is 1. The fourth-order valence-electron chi connectivity index (χ4n) is 3.34. The molecule has 0 bridgehead atoms. The molecule has 0 aliphatic heterocycles. The van der Waals surface area contributed by atoms with Crippen LogP contribution in [0.5, 0.6) is 5.75 Å². The van der Waals surface area contributed by atoms with E-state index in [1.807, 2.05) is 31.2 Å². The van der Waals surface area contributed by atoms with Gasteiger partial charge in [0, 0.05) is 30.2 Å². The van der Waals surface area contributed by atoms with Gasteiger partial charge in [-0.1, -0.05) is 30.3 Å². The normalized spacial score (nSPS) is 12.8. The zero-order valence-electron chi connectivity index (χ0n) is 17.3. The summed E-state index contributed by atoms with van der Waals surface area (Å²) in [6.45, 7) is 5.94. The van der Waals surface area contributed by atoms with Gasteiger partial charge in [-0.3, -0.25) is 4.99 Å². The van der Waals surface area contributed by atoms with Crippen LogP contribution in [0.3, 0.4) is 0 Å². The van der Waals surface area contributed by atoms with Crippen LogP contribution in [-0.2, 0) is 6.42 Å². The summed E-state index contributed by atoms with van der Waals surface area (Å²) < 4.78 is 5.16. The van der Waals surface area contributed by atoms with Crippen molar-refractivity contribution in [1.29, 1.82) is 0 Å². The summed E-state index contributed by atoms with van der Waals surface area (Å²) >= 11 is 0. The van der Waals surface area contributed by atoms with E-state index in [-0.39, 0.29) is 6.54 Å². The first-order chi connectivity index (χ1) is 14.1. The number of nitrogens with one attached hydrogen (secondary N) is 3. The lowest BCUT2D eigenvalue weighted by molar-refractivity contribution is 0.187. The molecular weight excluding hydrogens is 364 g/mol. The van der Waals surface area contributed by atoms with Crippen molar-refractivity contribution in [2.45, 2.75) is 26.4 Å². The van der Waals surface area contributed by atoms with Crippen LogP contribution in [0.15, 0.2) is 53.7 Å². The first-order valence-corrected chi connectivity index (χ1v) is 10.0. The molecule has 0 aliphatic carbocycles. The number of aromatic amines is 1. The number of aryl methyl sites for hydroxylation is 1. The topological polar surface area (TPSA) is 81.7 Å². The molecule has 6 heteroatoms. The summed E-state index contributed by atoms with van der Waals surface area (Å²) in [5.41, 5.74) is 4.56. The Morgan fingerprint density at radius 2 is 1.97 bits per heavy atom. The number of aliphatic hydroxyl groups is 1. The van der Waals surface area contributed by atoms with Gasteiger partial charge in [0.15, 0.2) is 5.96 Å². The molecule has 1 aromatic heterocycles. The number of aliphatic imine (C=N–C) groups is 1. The second-order valence-electron chi connectivity index (χ2n) is 7.00. The number of rotatable bonds is 8. The summed E-state index contributed by atoms with van der Waals surface area (Å²) in [6, 6.07) is 13.8. The van der Waals surface area contributed by atoms with Crippen molar-refractivity contribution < 1.29 is 9.84 Å². The number of fused-ring (bicyclic) bond motifs is 1. The standard InChI is InChI=1S/C23H30N4O2/c1-4-24-23(27-15-21(28)17-8-10-19(29-3)11-9-17)25-13-12-18-14-26-22-16(2)6-5-7-20(18)22/h5-11,14,21,26,28H,4,12-13,15H2,1-3H3,(H2,24,25,27). The lowest BCUT2D eigenvalue weighted by atomic mass is 10.1. The van der Waals surface area contributed by atoms with Crippen molar-refractivity contribution in [3.8, 4) is 5.75 Å². The maximum atomic E-state index is 10.4. The molecule has 3 rings (SSSR count). The summed E-state index contributed by atoms with van der Waals surface area (Å²) in [4.78, 5) is 7.90. The second-order valence-corrected chi connectivity index (χ2v) is 7.00. The van der Waals surface area contributed by atoms with Crippen molar-refractivity contribution in [3.63, 3.8) is 0 Å². The highest BCUT2D eigenvalue weighted by molar-refractivity contribution is 5.86. The molecule has 4 N–H and O–H groups in total. The largest absolute Gasteiger partial charge is 0.497 e. The lowest BCUT2D eigenvalue weighted by Crippen LogP contribution is -2.38. The van der Waals surface area contributed by atoms with Crippen LogP contribution in [0.25, 0.3) is 10.9 Å².